The lowest BCUT2D eigenvalue weighted by Gasteiger charge is -2.01. The molecular formula is C8H17NO2. The van der Waals surface area contributed by atoms with Gasteiger partial charge in [0.15, 0.2) is 0 Å². The summed E-state index contributed by atoms with van der Waals surface area (Å²) in [5.74, 6) is 0.263. The number of rotatable bonds is 7. The molecule has 11 heavy (non-hydrogen) atoms. The summed E-state index contributed by atoms with van der Waals surface area (Å²) in [6.45, 7) is 4.13. The molecule has 0 aromatic carbocycles. The van der Waals surface area contributed by atoms with Gasteiger partial charge in [0.25, 0.3) is 0 Å². The van der Waals surface area contributed by atoms with Crippen LogP contribution in [0.5, 0.6) is 0 Å². The van der Waals surface area contributed by atoms with E-state index in [1.54, 1.807) is 14.0 Å². The fourth-order valence-corrected chi connectivity index (χ4v) is 0.762. The number of carbonyl (C=O) groups excluding carboxylic acids is 1. The molecular weight excluding hydrogens is 142 g/mol. The zero-order valence-corrected chi connectivity index (χ0v) is 7.35. The molecule has 0 heterocycles. The van der Waals surface area contributed by atoms with Crippen molar-refractivity contribution in [3.05, 3.63) is 0 Å². The number of carbonyl (C=O) groups is 1. The lowest BCUT2D eigenvalue weighted by molar-refractivity contribution is -0.117. The van der Waals surface area contributed by atoms with Gasteiger partial charge < -0.3 is 14.8 Å². The molecule has 0 saturated carbocycles. The zero-order chi connectivity index (χ0) is 8.53. The highest BCUT2D eigenvalue weighted by Crippen LogP contribution is 1.86. The minimum absolute atomic E-state index is 0.263. The van der Waals surface area contributed by atoms with Crippen LogP contribution >= 0.6 is 0 Å². The summed E-state index contributed by atoms with van der Waals surface area (Å²) in [4.78, 5) is 10.5. The van der Waals surface area contributed by atoms with Crippen LogP contribution in [0, 0.1) is 0 Å². The Bertz CT molecular complexity index is 104. The molecule has 0 atom stereocenters. The van der Waals surface area contributed by atoms with Gasteiger partial charge in [0.1, 0.15) is 5.78 Å². The molecule has 3 heteroatoms. The van der Waals surface area contributed by atoms with Crippen molar-refractivity contribution < 1.29 is 9.53 Å². The van der Waals surface area contributed by atoms with E-state index in [9.17, 15) is 4.79 Å². The van der Waals surface area contributed by atoms with Crippen LogP contribution in [0.15, 0.2) is 0 Å². The molecule has 0 aromatic rings. The molecule has 0 fully saturated rings. The normalized spacial score (nSPS) is 10.0. The summed E-state index contributed by atoms with van der Waals surface area (Å²) in [5, 5.41) is 3.16. The van der Waals surface area contributed by atoms with Crippen LogP contribution in [0.3, 0.4) is 0 Å². The van der Waals surface area contributed by atoms with Crippen molar-refractivity contribution >= 4 is 5.78 Å². The third kappa shape index (κ3) is 9.59. The van der Waals surface area contributed by atoms with Crippen molar-refractivity contribution in [1.82, 2.24) is 5.32 Å². The van der Waals surface area contributed by atoms with Crippen molar-refractivity contribution in [2.75, 3.05) is 26.8 Å². The van der Waals surface area contributed by atoms with Gasteiger partial charge in [0.2, 0.25) is 0 Å². The van der Waals surface area contributed by atoms with Crippen molar-refractivity contribution in [3.8, 4) is 0 Å². The van der Waals surface area contributed by atoms with Gasteiger partial charge in [-0.1, -0.05) is 0 Å². The molecule has 0 aliphatic heterocycles. The van der Waals surface area contributed by atoms with Crippen LogP contribution in [0.25, 0.3) is 0 Å². The Morgan fingerprint density at radius 2 is 2.18 bits per heavy atom. The average Bonchev–Trinajstić information content (AvgIpc) is 1.96. The van der Waals surface area contributed by atoms with Crippen molar-refractivity contribution in [3.63, 3.8) is 0 Å². The summed E-state index contributed by atoms with van der Waals surface area (Å²) in [6.07, 6.45) is 1.61. The first-order valence-corrected chi connectivity index (χ1v) is 3.96. The number of nitrogens with one attached hydrogen (secondary N) is 1. The lowest BCUT2D eigenvalue weighted by Crippen LogP contribution is -2.20. The monoisotopic (exact) mass is 159 g/mol. The molecule has 0 aliphatic carbocycles. The van der Waals surface area contributed by atoms with Gasteiger partial charge >= 0.3 is 0 Å². The van der Waals surface area contributed by atoms with Crippen molar-refractivity contribution in [2.24, 2.45) is 0 Å². The van der Waals surface area contributed by atoms with E-state index in [0.717, 1.165) is 26.1 Å². The number of hydrogen-bond acceptors (Lipinski definition) is 3. The van der Waals surface area contributed by atoms with Crippen LogP contribution < -0.4 is 5.32 Å². The van der Waals surface area contributed by atoms with Gasteiger partial charge in [-0.3, -0.25) is 0 Å². The quantitative estimate of drug-likeness (QED) is 0.552. The number of hydrogen-bond donors (Lipinski definition) is 1. The SMILES string of the molecule is COCCNCCCC(C)=O. The molecule has 0 rings (SSSR count). The predicted molar refractivity (Wildman–Crippen MR) is 44.7 cm³/mol. The Morgan fingerprint density at radius 1 is 1.45 bits per heavy atom. The minimum atomic E-state index is 0.263. The van der Waals surface area contributed by atoms with Gasteiger partial charge in [-0.25, -0.2) is 0 Å². The highest BCUT2D eigenvalue weighted by molar-refractivity contribution is 5.75. The smallest absolute Gasteiger partial charge is 0.129 e. The van der Waals surface area contributed by atoms with Crippen LogP contribution in [-0.2, 0) is 9.53 Å². The van der Waals surface area contributed by atoms with Gasteiger partial charge in [-0.2, -0.15) is 0 Å². The summed E-state index contributed by atoms with van der Waals surface area (Å²) >= 11 is 0. The highest BCUT2D eigenvalue weighted by Gasteiger charge is 1.91. The molecule has 0 aliphatic rings. The van der Waals surface area contributed by atoms with E-state index in [-0.39, 0.29) is 5.78 Å². The third-order valence-corrected chi connectivity index (χ3v) is 1.37. The minimum Gasteiger partial charge on any atom is -0.383 e. The Balaban J connectivity index is 2.85. The van der Waals surface area contributed by atoms with Crippen molar-refractivity contribution in [2.45, 2.75) is 19.8 Å². The van der Waals surface area contributed by atoms with E-state index in [1.165, 1.54) is 0 Å². The van der Waals surface area contributed by atoms with Crippen LogP contribution in [0.2, 0.25) is 0 Å². The van der Waals surface area contributed by atoms with E-state index in [1.807, 2.05) is 0 Å². The Hall–Kier alpha value is -0.410. The average molecular weight is 159 g/mol. The Morgan fingerprint density at radius 3 is 2.73 bits per heavy atom. The number of ether oxygens (including phenoxy) is 1. The van der Waals surface area contributed by atoms with E-state index in [4.69, 9.17) is 4.74 Å². The van der Waals surface area contributed by atoms with E-state index in [0.29, 0.717) is 6.42 Å². The maximum atomic E-state index is 10.5. The van der Waals surface area contributed by atoms with E-state index >= 15 is 0 Å². The molecule has 0 amide bonds. The first-order chi connectivity index (χ1) is 5.27. The Labute approximate surface area is 68.1 Å². The van der Waals surface area contributed by atoms with Crippen LogP contribution in [-0.4, -0.2) is 32.6 Å². The molecule has 0 saturated heterocycles. The first-order valence-electron chi connectivity index (χ1n) is 3.96. The second-order valence-corrected chi connectivity index (χ2v) is 2.55. The molecule has 0 bridgehead atoms. The molecule has 66 valence electrons. The first kappa shape index (κ1) is 10.6. The van der Waals surface area contributed by atoms with Crippen LogP contribution in [0.4, 0.5) is 0 Å². The molecule has 0 aromatic heterocycles. The van der Waals surface area contributed by atoms with E-state index in [2.05, 4.69) is 5.32 Å². The second kappa shape index (κ2) is 7.69. The molecule has 0 unspecified atom stereocenters. The van der Waals surface area contributed by atoms with Gasteiger partial charge in [0, 0.05) is 20.1 Å². The summed E-state index contributed by atoms with van der Waals surface area (Å²) < 4.78 is 4.84. The predicted octanol–water partition coefficient (Wildman–Crippen LogP) is 0.592. The second-order valence-electron chi connectivity index (χ2n) is 2.55. The fourth-order valence-electron chi connectivity index (χ4n) is 0.762. The maximum Gasteiger partial charge on any atom is 0.129 e. The number of ketones is 1. The fraction of sp³-hybridized carbons (Fsp3) is 0.875. The van der Waals surface area contributed by atoms with Gasteiger partial charge in [0.05, 0.1) is 6.61 Å². The largest absolute Gasteiger partial charge is 0.383 e. The van der Waals surface area contributed by atoms with Crippen molar-refractivity contribution in [1.29, 1.82) is 0 Å². The number of methoxy groups -OCH3 is 1. The maximum absolute atomic E-state index is 10.5. The summed E-state index contributed by atoms with van der Waals surface area (Å²) in [5.41, 5.74) is 0. The molecule has 3 nitrogen and oxygen atoms in total. The molecule has 0 radical (unpaired) electrons. The Kier molecular flexibility index (Phi) is 7.41. The topological polar surface area (TPSA) is 38.3 Å². The highest BCUT2D eigenvalue weighted by atomic mass is 16.5. The molecule has 0 spiro atoms. The van der Waals surface area contributed by atoms with Crippen LogP contribution in [0.1, 0.15) is 19.8 Å². The standard InChI is InChI=1S/C8H17NO2/c1-8(10)4-3-5-9-6-7-11-2/h9H,3-7H2,1-2H3. The lowest BCUT2D eigenvalue weighted by atomic mass is 10.2. The van der Waals surface area contributed by atoms with Gasteiger partial charge in [-0.15, -0.1) is 0 Å². The summed E-state index contributed by atoms with van der Waals surface area (Å²) in [6, 6.07) is 0. The third-order valence-electron chi connectivity index (χ3n) is 1.37. The van der Waals surface area contributed by atoms with E-state index < -0.39 is 0 Å². The molecule has 1 N–H and O–H groups in total. The number of Topliss-reactive ketones (excluding diaryl/α,β-unsaturated/α-hetero) is 1. The van der Waals surface area contributed by atoms with Gasteiger partial charge in [-0.05, 0) is 19.9 Å². The zero-order valence-electron chi connectivity index (χ0n) is 7.35. The summed E-state index contributed by atoms with van der Waals surface area (Å²) in [7, 11) is 1.68.